The van der Waals surface area contributed by atoms with Crippen LogP contribution in [0, 0.1) is 0 Å². The molecule has 0 aliphatic carbocycles. The van der Waals surface area contributed by atoms with Gasteiger partial charge in [-0.1, -0.05) is 6.07 Å². The Balaban J connectivity index is 1.46. The highest BCUT2D eigenvalue weighted by atomic mass is 16.7. The number of ether oxygens (including phenoxy) is 2. The maximum Gasteiger partial charge on any atom is 0.231 e. The van der Waals surface area contributed by atoms with Crippen molar-refractivity contribution in [2.24, 2.45) is 5.90 Å². The number of β-amino-alcohol motifs (C(OH)–C–C–N with tert-alkyl or cyclic N) is 1. The fourth-order valence-corrected chi connectivity index (χ4v) is 2.89. The molecular formula is C15H23N3O4. The van der Waals surface area contributed by atoms with Crippen molar-refractivity contribution >= 4 is 0 Å². The summed E-state index contributed by atoms with van der Waals surface area (Å²) in [6, 6.07) is 6.11. The van der Waals surface area contributed by atoms with E-state index in [0.717, 1.165) is 44.2 Å². The van der Waals surface area contributed by atoms with Crippen LogP contribution in [-0.4, -0.2) is 67.1 Å². The first-order valence-electron chi connectivity index (χ1n) is 7.57. The summed E-state index contributed by atoms with van der Waals surface area (Å²) in [5.41, 5.74) is 1.23. The van der Waals surface area contributed by atoms with Gasteiger partial charge in [0.15, 0.2) is 11.5 Å². The number of benzene rings is 1. The molecule has 22 heavy (non-hydrogen) atoms. The van der Waals surface area contributed by atoms with E-state index in [-0.39, 0.29) is 6.61 Å². The predicted octanol–water partition coefficient (Wildman–Crippen LogP) is -0.216. The second kappa shape index (κ2) is 7.26. The second-order valence-corrected chi connectivity index (χ2v) is 5.75. The van der Waals surface area contributed by atoms with Gasteiger partial charge in [0.2, 0.25) is 6.79 Å². The lowest BCUT2D eigenvalue weighted by atomic mass is 10.1. The molecule has 1 atom stereocenters. The molecule has 2 aliphatic rings. The zero-order chi connectivity index (χ0) is 15.4. The van der Waals surface area contributed by atoms with Crippen molar-refractivity contribution in [1.82, 2.24) is 9.80 Å². The minimum Gasteiger partial charge on any atom is -0.454 e. The van der Waals surface area contributed by atoms with Crippen molar-refractivity contribution in [1.29, 1.82) is 0 Å². The van der Waals surface area contributed by atoms with Crippen LogP contribution >= 0.6 is 0 Å². The van der Waals surface area contributed by atoms with E-state index in [0.29, 0.717) is 13.3 Å². The van der Waals surface area contributed by atoms with Gasteiger partial charge in [0, 0.05) is 39.3 Å². The Bertz CT molecular complexity index is 492. The van der Waals surface area contributed by atoms with E-state index in [9.17, 15) is 5.11 Å². The molecular weight excluding hydrogens is 286 g/mol. The molecule has 1 aromatic rings. The lowest BCUT2D eigenvalue weighted by molar-refractivity contribution is 0.00605. The molecule has 7 heteroatoms. The molecule has 1 unspecified atom stereocenters. The Kier molecular flexibility index (Phi) is 5.12. The average molecular weight is 309 g/mol. The number of aliphatic hydroxyl groups excluding tert-OH is 1. The number of rotatable bonds is 6. The lowest BCUT2D eigenvalue weighted by Crippen LogP contribution is -2.48. The SMILES string of the molecule is NOCC(O)CN1CCN(Cc2ccc3c(c2)OCO3)CC1. The van der Waals surface area contributed by atoms with E-state index in [1.54, 1.807) is 0 Å². The molecule has 2 heterocycles. The monoisotopic (exact) mass is 309 g/mol. The van der Waals surface area contributed by atoms with Crippen molar-refractivity contribution in [2.75, 3.05) is 46.1 Å². The van der Waals surface area contributed by atoms with Crippen molar-refractivity contribution in [2.45, 2.75) is 12.6 Å². The summed E-state index contributed by atoms with van der Waals surface area (Å²) < 4.78 is 10.7. The van der Waals surface area contributed by atoms with Crippen LogP contribution in [0.1, 0.15) is 5.56 Å². The Morgan fingerprint density at radius 2 is 1.86 bits per heavy atom. The molecule has 122 valence electrons. The molecule has 0 saturated carbocycles. The van der Waals surface area contributed by atoms with Gasteiger partial charge < -0.3 is 19.4 Å². The topological polar surface area (TPSA) is 80.4 Å². The number of hydrogen-bond donors (Lipinski definition) is 2. The standard InChI is InChI=1S/C15H23N3O4/c16-22-10-13(19)9-18-5-3-17(4-6-18)8-12-1-2-14-15(7-12)21-11-20-14/h1-2,7,13,19H,3-6,8-11,16H2. The van der Waals surface area contributed by atoms with Gasteiger partial charge in [-0.15, -0.1) is 0 Å². The second-order valence-electron chi connectivity index (χ2n) is 5.75. The molecule has 0 aromatic heterocycles. The van der Waals surface area contributed by atoms with Gasteiger partial charge in [-0.3, -0.25) is 9.80 Å². The Morgan fingerprint density at radius 1 is 1.14 bits per heavy atom. The summed E-state index contributed by atoms with van der Waals surface area (Å²) in [5.74, 6) is 6.63. The van der Waals surface area contributed by atoms with Crippen LogP contribution in [-0.2, 0) is 11.4 Å². The Hall–Kier alpha value is -1.38. The summed E-state index contributed by atoms with van der Waals surface area (Å²) >= 11 is 0. The normalized spacial score (nSPS) is 20.3. The van der Waals surface area contributed by atoms with E-state index in [4.69, 9.17) is 15.4 Å². The fraction of sp³-hybridized carbons (Fsp3) is 0.600. The molecule has 0 radical (unpaired) electrons. The van der Waals surface area contributed by atoms with Gasteiger partial charge >= 0.3 is 0 Å². The van der Waals surface area contributed by atoms with E-state index in [1.807, 2.05) is 6.07 Å². The number of nitrogens with zero attached hydrogens (tertiary/aromatic N) is 2. The average Bonchev–Trinajstić information content (AvgIpc) is 2.97. The molecule has 0 spiro atoms. The minimum atomic E-state index is -0.523. The van der Waals surface area contributed by atoms with Gasteiger partial charge in [-0.05, 0) is 17.7 Å². The van der Waals surface area contributed by atoms with Crippen LogP contribution < -0.4 is 15.4 Å². The number of aliphatic hydroxyl groups is 1. The smallest absolute Gasteiger partial charge is 0.231 e. The van der Waals surface area contributed by atoms with Crippen LogP contribution in [0.25, 0.3) is 0 Å². The van der Waals surface area contributed by atoms with Crippen LogP contribution in [0.5, 0.6) is 11.5 Å². The Morgan fingerprint density at radius 3 is 2.64 bits per heavy atom. The molecule has 3 rings (SSSR count). The molecule has 1 saturated heterocycles. The zero-order valence-electron chi connectivity index (χ0n) is 12.6. The minimum absolute atomic E-state index is 0.178. The summed E-state index contributed by atoms with van der Waals surface area (Å²) in [6.45, 7) is 5.82. The number of piperazine rings is 1. The van der Waals surface area contributed by atoms with Crippen LogP contribution in [0.15, 0.2) is 18.2 Å². The first-order valence-corrected chi connectivity index (χ1v) is 7.57. The van der Waals surface area contributed by atoms with Crippen LogP contribution in [0.2, 0.25) is 0 Å². The summed E-state index contributed by atoms with van der Waals surface area (Å²) in [4.78, 5) is 9.11. The van der Waals surface area contributed by atoms with E-state index >= 15 is 0 Å². The fourth-order valence-electron chi connectivity index (χ4n) is 2.89. The maximum absolute atomic E-state index is 9.71. The maximum atomic E-state index is 9.71. The molecule has 1 aromatic carbocycles. The highest BCUT2D eigenvalue weighted by molar-refractivity contribution is 5.44. The van der Waals surface area contributed by atoms with E-state index < -0.39 is 6.10 Å². The summed E-state index contributed by atoms with van der Waals surface area (Å²) in [5, 5.41) is 9.71. The number of hydrogen-bond acceptors (Lipinski definition) is 7. The first-order chi connectivity index (χ1) is 10.7. The van der Waals surface area contributed by atoms with Crippen molar-refractivity contribution in [3.05, 3.63) is 23.8 Å². The molecule has 2 aliphatic heterocycles. The first kappa shape index (κ1) is 15.5. The number of nitrogens with two attached hydrogens (primary N) is 1. The van der Waals surface area contributed by atoms with Gasteiger partial charge in [-0.2, -0.15) is 0 Å². The van der Waals surface area contributed by atoms with Gasteiger partial charge in [0.25, 0.3) is 0 Å². The van der Waals surface area contributed by atoms with Gasteiger partial charge in [-0.25, -0.2) is 5.90 Å². The van der Waals surface area contributed by atoms with E-state index in [2.05, 4.69) is 26.8 Å². The Labute approximate surface area is 130 Å². The molecule has 3 N–H and O–H groups in total. The lowest BCUT2D eigenvalue weighted by Gasteiger charge is -2.35. The molecule has 1 fully saturated rings. The van der Waals surface area contributed by atoms with Gasteiger partial charge in [0.1, 0.15) is 0 Å². The zero-order valence-corrected chi connectivity index (χ0v) is 12.6. The quantitative estimate of drug-likeness (QED) is 0.703. The third-order valence-corrected chi connectivity index (χ3v) is 4.07. The van der Waals surface area contributed by atoms with Crippen molar-refractivity contribution in [3.8, 4) is 11.5 Å². The largest absolute Gasteiger partial charge is 0.454 e. The summed E-state index contributed by atoms with van der Waals surface area (Å²) in [7, 11) is 0. The van der Waals surface area contributed by atoms with Crippen molar-refractivity contribution < 1.29 is 19.4 Å². The highest BCUT2D eigenvalue weighted by Gasteiger charge is 2.20. The number of fused-ring (bicyclic) bond motifs is 1. The van der Waals surface area contributed by atoms with Crippen molar-refractivity contribution in [3.63, 3.8) is 0 Å². The summed E-state index contributed by atoms with van der Waals surface area (Å²) in [6.07, 6.45) is -0.523. The third kappa shape index (κ3) is 3.88. The van der Waals surface area contributed by atoms with Gasteiger partial charge in [0.05, 0.1) is 12.7 Å². The predicted molar refractivity (Wildman–Crippen MR) is 80.4 cm³/mol. The van der Waals surface area contributed by atoms with Crippen LogP contribution in [0.4, 0.5) is 0 Å². The van der Waals surface area contributed by atoms with Crippen LogP contribution in [0.3, 0.4) is 0 Å². The third-order valence-electron chi connectivity index (χ3n) is 4.07. The molecule has 0 bridgehead atoms. The highest BCUT2D eigenvalue weighted by Crippen LogP contribution is 2.32. The molecule has 0 amide bonds. The van der Waals surface area contributed by atoms with E-state index in [1.165, 1.54) is 5.56 Å². The molecule has 7 nitrogen and oxygen atoms in total.